The zero-order chi connectivity index (χ0) is 14.4. The summed E-state index contributed by atoms with van der Waals surface area (Å²) in [7, 11) is 1.65. The van der Waals surface area contributed by atoms with Crippen LogP contribution in [-0.2, 0) is 9.53 Å². The van der Waals surface area contributed by atoms with Crippen molar-refractivity contribution in [3.63, 3.8) is 0 Å². The van der Waals surface area contributed by atoms with E-state index in [-0.39, 0.29) is 11.8 Å². The Balaban J connectivity index is 1.84. The maximum absolute atomic E-state index is 11.9. The lowest BCUT2D eigenvalue weighted by molar-refractivity contribution is -0.117. The molecule has 1 atom stereocenters. The minimum Gasteiger partial charge on any atom is -0.384 e. The van der Waals surface area contributed by atoms with Gasteiger partial charge in [0.2, 0.25) is 5.91 Å². The Hall–Kier alpha value is -1.40. The van der Waals surface area contributed by atoms with E-state index in [0.29, 0.717) is 19.1 Å². The second-order valence-corrected chi connectivity index (χ2v) is 5.50. The normalized spacial score (nSPS) is 17.9. The monoisotopic (exact) mass is 280 g/mol. The predicted octanol–water partition coefficient (Wildman–Crippen LogP) is 1.42. The molecule has 1 aromatic rings. The average molecular weight is 280 g/mol. The lowest BCUT2D eigenvalue weighted by Gasteiger charge is -2.22. The second-order valence-electron chi connectivity index (χ2n) is 5.50. The first-order chi connectivity index (χ1) is 9.69. The lowest BCUT2D eigenvalue weighted by Crippen LogP contribution is -2.29. The summed E-state index contributed by atoms with van der Waals surface area (Å²) in [5, 5.41) is 10.6. The molecule has 1 amide bonds. The number of hydrogen-bond donors (Lipinski definition) is 2. The van der Waals surface area contributed by atoms with Gasteiger partial charge in [-0.3, -0.25) is 9.48 Å². The van der Waals surface area contributed by atoms with E-state index in [0.717, 1.165) is 31.6 Å². The molecule has 1 fully saturated rings. The SMILES string of the molecule is COCC(C)CC(=O)Nc1cnn(C2CCNCC2)c1. The molecule has 2 N–H and O–H groups in total. The van der Waals surface area contributed by atoms with Crippen molar-refractivity contribution in [2.75, 3.05) is 32.1 Å². The van der Waals surface area contributed by atoms with Gasteiger partial charge >= 0.3 is 0 Å². The van der Waals surface area contributed by atoms with Gasteiger partial charge in [-0.1, -0.05) is 6.92 Å². The van der Waals surface area contributed by atoms with E-state index in [2.05, 4.69) is 15.7 Å². The number of piperidine rings is 1. The molecule has 1 aromatic heterocycles. The van der Waals surface area contributed by atoms with Crippen molar-refractivity contribution in [3.05, 3.63) is 12.4 Å². The molecule has 112 valence electrons. The van der Waals surface area contributed by atoms with Crippen LogP contribution in [0.25, 0.3) is 0 Å². The highest BCUT2D eigenvalue weighted by Crippen LogP contribution is 2.19. The minimum atomic E-state index is 0.0133. The first kappa shape index (κ1) is 15.0. The number of anilines is 1. The third-order valence-electron chi connectivity index (χ3n) is 3.55. The van der Waals surface area contributed by atoms with E-state index < -0.39 is 0 Å². The van der Waals surface area contributed by atoms with Gasteiger partial charge in [0, 0.05) is 26.3 Å². The van der Waals surface area contributed by atoms with Gasteiger partial charge in [-0.25, -0.2) is 0 Å². The standard InChI is InChI=1S/C14H24N4O2/c1-11(10-20-2)7-14(19)17-12-8-16-18(9-12)13-3-5-15-6-4-13/h8-9,11,13,15H,3-7,10H2,1-2H3,(H,17,19). The Morgan fingerprint density at radius 2 is 2.35 bits per heavy atom. The van der Waals surface area contributed by atoms with Gasteiger partial charge in [0.15, 0.2) is 0 Å². The zero-order valence-corrected chi connectivity index (χ0v) is 12.3. The molecule has 0 radical (unpaired) electrons. The summed E-state index contributed by atoms with van der Waals surface area (Å²) in [4.78, 5) is 11.9. The summed E-state index contributed by atoms with van der Waals surface area (Å²) in [5.41, 5.74) is 0.776. The highest BCUT2D eigenvalue weighted by Gasteiger charge is 2.16. The smallest absolute Gasteiger partial charge is 0.224 e. The van der Waals surface area contributed by atoms with E-state index in [1.807, 2.05) is 17.8 Å². The van der Waals surface area contributed by atoms with E-state index >= 15 is 0 Å². The van der Waals surface area contributed by atoms with Gasteiger partial charge in [-0.05, 0) is 31.8 Å². The molecule has 0 spiro atoms. The van der Waals surface area contributed by atoms with Crippen LogP contribution in [0.2, 0.25) is 0 Å². The van der Waals surface area contributed by atoms with E-state index in [1.54, 1.807) is 13.3 Å². The molecule has 1 unspecified atom stereocenters. The van der Waals surface area contributed by atoms with Gasteiger partial charge in [0.25, 0.3) is 0 Å². The molecule has 1 aliphatic heterocycles. The Bertz CT molecular complexity index is 427. The molecule has 6 nitrogen and oxygen atoms in total. The molecular formula is C14H24N4O2. The Labute approximate surface area is 119 Å². The number of carbonyl (C=O) groups is 1. The second kappa shape index (κ2) is 7.40. The largest absolute Gasteiger partial charge is 0.384 e. The van der Waals surface area contributed by atoms with Crippen LogP contribution in [0, 0.1) is 5.92 Å². The van der Waals surface area contributed by atoms with E-state index in [1.165, 1.54) is 0 Å². The summed E-state index contributed by atoms with van der Waals surface area (Å²) in [6.45, 7) is 4.66. The number of nitrogens with zero attached hydrogens (tertiary/aromatic N) is 2. The number of carbonyl (C=O) groups excluding carboxylic acids is 1. The zero-order valence-electron chi connectivity index (χ0n) is 12.3. The van der Waals surface area contributed by atoms with Gasteiger partial charge in [-0.15, -0.1) is 0 Å². The van der Waals surface area contributed by atoms with Crippen LogP contribution in [0.3, 0.4) is 0 Å². The number of hydrogen-bond acceptors (Lipinski definition) is 4. The quantitative estimate of drug-likeness (QED) is 0.827. The van der Waals surface area contributed by atoms with Gasteiger partial charge in [0.05, 0.1) is 17.9 Å². The lowest BCUT2D eigenvalue weighted by atomic mass is 10.1. The fourth-order valence-corrected chi connectivity index (χ4v) is 2.55. The molecule has 2 heterocycles. The van der Waals surface area contributed by atoms with Gasteiger partial charge < -0.3 is 15.4 Å². The Kier molecular flexibility index (Phi) is 5.55. The molecule has 1 aliphatic rings. The number of rotatable bonds is 6. The summed E-state index contributed by atoms with van der Waals surface area (Å²) >= 11 is 0. The Morgan fingerprint density at radius 1 is 1.60 bits per heavy atom. The summed E-state index contributed by atoms with van der Waals surface area (Å²) in [5.74, 6) is 0.235. The van der Waals surface area contributed by atoms with Crippen molar-refractivity contribution in [2.45, 2.75) is 32.2 Å². The van der Waals surface area contributed by atoms with Crippen LogP contribution >= 0.6 is 0 Å². The summed E-state index contributed by atoms with van der Waals surface area (Å²) < 4.78 is 7.00. The number of methoxy groups -OCH3 is 1. The van der Waals surface area contributed by atoms with Crippen LogP contribution in [-0.4, -0.2) is 42.5 Å². The van der Waals surface area contributed by atoms with Crippen LogP contribution in [0.15, 0.2) is 12.4 Å². The minimum absolute atomic E-state index is 0.0133. The fourth-order valence-electron chi connectivity index (χ4n) is 2.55. The molecule has 0 bridgehead atoms. The van der Waals surface area contributed by atoms with Crippen molar-refractivity contribution >= 4 is 11.6 Å². The topological polar surface area (TPSA) is 68.2 Å². The maximum atomic E-state index is 11.9. The van der Waals surface area contributed by atoms with Crippen LogP contribution in [0.5, 0.6) is 0 Å². The molecule has 0 aromatic carbocycles. The van der Waals surface area contributed by atoms with Crippen LogP contribution in [0.4, 0.5) is 5.69 Å². The molecule has 1 saturated heterocycles. The number of amides is 1. The van der Waals surface area contributed by atoms with Crippen molar-refractivity contribution < 1.29 is 9.53 Å². The summed E-state index contributed by atoms with van der Waals surface area (Å²) in [6.07, 6.45) is 6.28. The predicted molar refractivity (Wildman–Crippen MR) is 77.7 cm³/mol. The molecule has 20 heavy (non-hydrogen) atoms. The molecule has 0 aliphatic carbocycles. The van der Waals surface area contributed by atoms with E-state index in [9.17, 15) is 4.79 Å². The first-order valence-corrected chi connectivity index (χ1v) is 7.22. The highest BCUT2D eigenvalue weighted by atomic mass is 16.5. The van der Waals surface area contributed by atoms with Crippen molar-refractivity contribution in [2.24, 2.45) is 5.92 Å². The van der Waals surface area contributed by atoms with Crippen molar-refractivity contribution in [1.29, 1.82) is 0 Å². The fraction of sp³-hybridized carbons (Fsp3) is 0.714. The molecule has 6 heteroatoms. The third kappa shape index (κ3) is 4.31. The average Bonchev–Trinajstić information content (AvgIpc) is 2.88. The number of ether oxygens (including phenoxy) is 1. The maximum Gasteiger partial charge on any atom is 0.224 e. The third-order valence-corrected chi connectivity index (χ3v) is 3.55. The number of nitrogens with one attached hydrogen (secondary N) is 2. The number of aromatic nitrogens is 2. The van der Waals surface area contributed by atoms with Gasteiger partial charge in [0.1, 0.15) is 0 Å². The molecule has 0 saturated carbocycles. The van der Waals surface area contributed by atoms with Crippen molar-refractivity contribution in [1.82, 2.24) is 15.1 Å². The molecular weight excluding hydrogens is 256 g/mol. The first-order valence-electron chi connectivity index (χ1n) is 7.22. The summed E-state index contributed by atoms with van der Waals surface area (Å²) in [6, 6.07) is 0.439. The van der Waals surface area contributed by atoms with Crippen molar-refractivity contribution in [3.8, 4) is 0 Å². The molecule has 2 rings (SSSR count). The highest BCUT2D eigenvalue weighted by molar-refractivity contribution is 5.90. The van der Waals surface area contributed by atoms with Crippen LogP contribution in [0.1, 0.15) is 32.2 Å². The Morgan fingerprint density at radius 3 is 3.05 bits per heavy atom. The van der Waals surface area contributed by atoms with E-state index in [4.69, 9.17) is 4.74 Å². The van der Waals surface area contributed by atoms with Crippen LogP contribution < -0.4 is 10.6 Å². The van der Waals surface area contributed by atoms with Gasteiger partial charge in [-0.2, -0.15) is 5.10 Å².